The van der Waals surface area contributed by atoms with E-state index < -0.39 is 0 Å². The van der Waals surface area contributed by atoms with Crippen molar-refractivity contribution in [3.63, 3.8) is 0 Å². The van der Waals surface area contributed by atoms with Gasteiger partial charge in [0.05, 0.1) is 18.9 Å². The Balaban J connectivity index is 1.90. The Morgan fingerprint density at radius 2 is 2.48 bits per heavy atom. The van der Waals surface area contributed by atoms with E-state index in [-0.39, 0.29) is 25.1 Å². The van der Waals surface area contributed by atoms with E-state index >= 15 is 0 Å². The molecule has 2 N–H and O–H groups in total. The first kappa shape index (κ1) is 15.1. The predicted molar refractivity (Wildman–Crippen MR) is 71.0 cm³/mol. The second kappa shape index (κ2) is 7.50. The lowest BCUT2D eigenvalue weighted by Crippen LogP contribution is -2.40. The van der Waals surface area contributed by atoms with Crippen molar-refractivity contribution in [3.05, 3.63) is 18.4 Å². The highest BCUT2D eigenvalue weighted by Gasteiger charge is 2.14. The average Bonchev–Trinajstić information content (AvgIpc) is 3.09. The first-order valence-electron chi connectivity index (χ1n) is 6.43. The van der Waals surface area contributed by atoms with Crippen LogP contribution in [0.25, 0.3) is 11.6 Å². The Labute approximate surface area is 120 Å². The fraction of sp³-hybridized carbons (Fsp3) is 0.500. The minimum atomic E-state index is -0.283. The molecule has 2 aromatic rings. The van der Waals surface area contributed by atoms with Gasteiger partial charge in [0, 0.05) is 13.7 Å². The third-order valence-corrected chi connectivity index (χ3v) is 2.69. The zero-order valence-electron chi connectivity index (χ0n) is 11.6. The maximum Gasteiger partial charge on any atom is 0.243 e. The van der Waals surface area contributed by atoms with Gasteiger partial charge in [0.1, 0.15) is 6.54 Å². The van der Waals surface area contributed by atoms with E-state index in [4.69, 9.17) is 14.3 Å². The molecule has 0 aliphatic heterocycles. The number of nitrogens with zero attached hydrogens (tertiary/aromatic N) is 4. The highest BCUT2D eigenvalue weighted by atomic mass is 16.5. The quantitative estimate of drug-likeness (QED) is 0.671. The number of methoxy groups -OCH3 is 1. The number of nitrogens with one attached hydrogen (secondary N) is 1. The molecule has 0 aliphatic rings. The van der Waals surface area contributed by atoms with Gasteiger partial charge in [-0.15, -0.1) is 10.2 Å². The smallest absolute Gasteiger partial charge is 0.243 e. The predicted octanol–water partition coefficient (Wildman–Crippen LogP) is -0.553. The normalized spacial score (nSPS) is 12.3. The second-order valence-electron chi connectivity index (χ2n) is 4.35. The van der Waals surface area contributed by atoms with Crippen molar-refractivity contribution in [2.75, 3.05) is 20.3 Å². The van der Waals surface area contributed by atoms with Gasteiger partial charge in [-0.1, -0.05) is 0 Å². The number of aromatic nitrogens is 4. The molecule has 0 aromatic carbocycles. The summed E-state index contributed by atoms with van der Waals surface area (Å²) >= 11 is 0. The molecule has 2 heterocycles. The van der Waals surface area contributed by atoms with Crippen LogP contribution in [-0.4, -0.2) is 57.6 Å². The zero-order valence-corrected chi connectivity index (χ0v) is 11.6. The first-order valence-corrected chi connectivity index (χ1v) is 6.43. The monoisotopic (exact) mass is 295 g/mol. The Morgan fingerprint density at radius 1 is 1.62 bits per heavy atom. The summed E-state index contributed by atoms with van der Waals surface area (Å²) in [5.41, 5.74) is 0. The number of tetrazole rings is 1. The molecule has 21 heavy (non-hydrogen) atoms. The summed E-state index contributed by atoms with van der Waals surface area (Å²) in [6, 6.07) is 3.17. The van der Waals surface area contributed by atoms with Crippen LogP contribution in [0.15, 0.2) is 22.8 Å². The number of rotatable bonds is 8. The summed E-state index contributed by atoms with van der Waals surface area (Å²) in [6.07, 6.45) is 1.93. The van der Waals surface area contributed by atoms with E-state index in [2.05, 4.69) is 20.7 Å². The van der Waals surface area contributed by atoms with Crippen LogP contribution in [0.2, 0.25) is 0 Å². The molecule has 0 bridgehead atoms. The van der Waals surface area contributed by atoms with Crippen LogP contribution in [0.4, 0.5) is 0 Å². The van der Waals surface area contributed by atoms with Crippen molar-refractivity contribution in [2.45, 2.75) is 19.0 Å². The van der Waals surface area contributed by atoms with Crippen LogP contribution in [0.5, 0.6) is 0 Å². The Bertz CT molecular complexity index is 548. The maximum absolute atomic E-state index is 11.9. The highest BCUT2D eigenvalue weighted by Crippen LogP contribution is 2.12. The molecule has 2 aromatic heterocycles. The van der Waals surface area contributed by atoms with E-state index in [1.165, 1.54) is 18.2 Å². The van der Waals surface area contributed by atoms with Crippen LogP contribution in [-0.2, 0) is 16.1 Å². The largest absolute Gasteiger partial charge is 0.461 e. The van der Waals surface area contributed by atoms with Crippen molar-refractivity contribution >= 4 is 5.91 Å². The molecule has 9 nitrogen and oxygen atoms in total. The number of furan rings is 1. The highest BCUT2D eigenvalue weighted by molar-refractivity contribution is 5.75. The molecule has 0 saturated carbocycles. The van der Waals surface area contributed by atoms with Gasteiger partial charge in [0.15, 0.2) is 5.76 Å². The number of hydrogen-bond donors (Lipinski definition) is 2. The molecule has 9 heteroatoms. The average molecular weight is 295 g/mol. The lowest BCUT2D eigenvalue weighted by molar-refractivity contribution is -0.123. The Morgan fingerprint density at radius 3 is 3.14 bits per heavy atom. The summed E-state index contributed by atoms with van der Waals surface area (Å²) in [5, 5.41) is 23.3. The van der Waals surface area contributed by atoms with Crippen LogP contribution in [0, 0.1) is 0 Å². The molecule has 114 valence electrons. The van der Waals surface area contributed by atoms with Gasteiger partial charge in [-0.3, -0.25) is 4.79 Å². The fourth-order valence-electron chi connectivity index (χ4n) is 1.77. The van der Waals surface area contributed by atoms with Crippen LogP contribution >= 0.6 is 0 Å². The first-order chi connectivity index (χ1) is 10.2. The fourth-order valence-corrected chi connectivity index (χ4v) is 1.77. The van der Waals surface area contributed by atoms with Gasteiger partial charge in [-0.2, -0.15) is 4.80 Å². The minimum absolute atomic E-state index is 0.0292. The van der Waals surface area contributed by atoms with E-state index in [0.717, 1.165) is 0 Å². The summed E-state index contributed by atoms with van der Waals surface area (Å²) in [5.74, 6) is 0.518. The van der Waals surface area contributed by atoms with Crippen molar-refractivity contribution in [1.29, 1.82) is 0 Å². The van der Waals surface area contributed by atoms with Crippen molar-refractivity contribution in [3.8, 4) is 11.6 Å². The molecule has 1 amide bonds. The lowest BCUT2D eigenvalue weighted by atomic mass is 10.2. The van der Waals surface area contributed by atoms with Crippen molar-refractivity contribution in [2.24, 2.45) is 0 Å². The minimum Gasteiger partial charge on any atom is -0.461 e. The summed E-state index contributed by atoms with van der Waals surface area (Å²) in [7, 11) is 1.53. The van der Waals surface area contributed by atoms with Crippen LogP contribution in [0.1, 0.15) is 6.42 Å². The molecule has 0 saturated heterocycles. The Hall–Kier alpha value is -2.26. The number of ether oxygens (including phenoxy) is 1. The molecular weight excluding hydrogens is 278 g/mol. The maximum atomic E-state index is 11.9. The number of aliphatic hydroxyl groups is 1. The number of carbonyl (C=O) groups is 1. The van der Waals surface area contributed by atoms with Gasteiger partial charge < -0.3 is 19.6 Å². The van der Waals surface area contributed by atoms with Crippen LogP contribution in [0.3, 0.4) is 0 Å². The number of carbonyl (C=O) groups excluding carboxylic acids is 1. The standard InChI is InChI=1S/C12H17N5O4/c1-20-8-9(4-5-18)13-11(19)7-17-15-12(14-16-17)10-3-2-6-21-10/h2-3,6,9,18H,4-5,7-8H2,1H3,(H,13,19). The van der Waals surface area contributed by atoms with Crippen molar-refractivity contribution in [1.82, 2.24) is 25.5 Å². The van der Waals surface area contributed by atoms with E-state index in [1.54, 1.807) is 12.1 Å². The molecule has 0 fully saturated rings. The lowest BCUT2D eigenvalue weighted by Gasteiger charge is -2.16. The number of aliphatic hydroxyl groups excluding tert-OH is 1. The third kappa shape index (κ3) is 4.36. The molecule has 2 rings (SSSR count). The van der Waals surface area contributed by atoms with Gasteiger partial charge >= 0.3 is 0 Å². The topological polar surface area (TPSA) is 115 Å². The molecular formula is C12H17N5O4. The second-order valence-corrected chi connectivity index (χ2v) is 4.35. The van der Waals surface area contributed by atoms with Gasteiger partial charge in [0.2, 0.25) is 11.7 Å². The van der Waals surface area contributed by atoms with E-state index in [1.807, 2.05) is 0 Å². The number of amides is 1. The van der Waals surface area contributed by atoms with Gasteiger partial charge in [-0.25, -0.2) is 0 Å². The summed E-state index contributed by atoms with van der Waals surface area (Å²) < 4.78 is 10.1. The van der Waals surface area contributed by atoms with Crippen molar-refractivity contribution < 1.29 is 19.1 Å². The molecule has 1 atom stereocenters. The Kier molecular flexibility index (Phi) is 5.41. The third-order valence-electron chi connectivity index (χ3n) is 2.69. The molecule has 0 spiro atoms. The molecule has 0 aliphatic carbocycles. The van der Waals surface area contributed by atoms with Gasteiger partial charge in [-0.05, 0) is 23.8 Å². The summed E-state index contributed by atoms with van der Waals surface area (Å²) in [4.78, 5) is 13.0. The zero-order chi connectivity index (χ0) is 15.1. The summed E-state index contributed by atoms with van der Waals surface area (Å²) in [6.45, 7) is 0.229. The SMILES string of the molecule is COCC(CCO)NC(=O)Cn1nnc(-c2ccco2)n1. The van der Waals surface area contributed by atoms with E-state index in [0.29, 0.717) is 24.6 Å². The van der Waals surface area contributed by atoms with Gasteiger partial charge in [0.25, 0.3) is 0 Å². The number of hydrogen-bond acceptors (Lipinski definition) is 7. The molecule has 1 unspecified atom stereocenters. The van der Waals surface area contributed by atoms with E-state index in [9.17, 15) is 4.79 Å². The van der Waals surface area contributed by atoms with Crippen LogP contribution < -0.4 is 5.32 Å². The molecule has 0 radical (unpaired) electrons.